The lowest BCUT2D eigenvalue weighted by Gasteiger charge is -2.29. The van der Waals surface area contributed by atoms with Crippen molar-refractivity contribution in [2.45, 2.75) is 46.5 Å². The SMILES string of the molecule is COc1ccc2[nH]c(C)c(C(C(=O)OC(=O)CCc3ccccc3)C(C)(C)C)c2c1. The molecule has 1 unspecified atom stereocenters. The van der Waals surface area contributed by atoms with E-state index in [4.69, 9.17) is 9.47 Å². The summed E-state index contributed by atoms with van der Waals surface area (Å²) in [7, 11) is 1.61. The molecule has 0 aliphatic heterocycles. The quantitative estimate of drug-likeness (QED) is 0.444. The molecule has 1 atom stereocenters. The zero-order chi connectivity index (χ0) is 21.9. The van der Waals surface area contributed by atoms with Gasteiger partial charge in [0.1, 0.15) is 5.75 Å². The zero-order valence-corrected chi connectivity index (χ0v) is 18.2. The lowest BCUT2D eigenvalue weighted by atomic mass is 9.75. The fraction of sp³-hybridized carbons (Fsp3) is 0.360. The summed E-state index contributed by atoms with van der Waals surface area (Å²) in [5.41, 5.74) is 3.23. The molecule has 0 spiro atoms. The van der Waals surface area contributed by atoms with Crippen LogP contribution in [0.2, 0.25) is 0 Å². The number of fused-ring (bicyclic) bond motifs is 1. The van der Waals surface area contributed by atoms with E-state index < -0.39 is 23.3 Å². The molecule has 5 heteroatoms. The number of carbonyl (C=O) groups excluding carboxylic acids is 2. The van der Waals surface area contributed by atoms with E-state index in [-0.39, 0.29) is 6.42 Å². The highest BCUT2D eigenvalue weighted by atomic mass is 16.6. The fourth-order valence-electron chi connectivity index (χ4n) is 3.84. The summed E-state index contributed by atoms with van der Waals surface area (Å²) in [4.78, 5) is 28.9. The van der Waals surface area contributed by atoms with Gasteiger partial charge >= 0.3 is 11.9 Å². The van der Waals surface area contributed by atoms with Gasteiger partial charge in [0.15, 0.2) is 0 Å². The summed E-state index contributed by atoms with van der Waals surface area (Å²) in [6, 6.07) is 15.4. The third-order valence-corrected chi connectivity index (χ3v) is 5.31. The Hall–Kier alpha value is -3.08. The van der Waals surface area contributed by atoms with Crippen LogP contribution in [0.25, 0.3) is 10.9 Å². The van der Waals surface area contributed by atoms with Crippen molar-refractivity contribution in [1.29, 1.82) is 0 Å². The third-order valence-electron chi connectivity index (χ3n) is 5.31. The number of hydrogen-bond acceptors (Lipinski definition) is 4. The van der Waals surface area contributed by atoms with Gasteiger partial charge in [-0.3, -0.25) is 9.59 Å². The first-order chi connectivity index (χ1) is 14.2. The monoisotopic (exact) mass is 407 g/mol. The number of methoxy groups -OCH3 is 1. The van der Waals surface area contributed by atoms with Crippen LogP contribution >= 0.6 is 0 Å². The molecule has 5 nitrogen and oxygen atoms in total. The number of carbonyl (C=O) groups is 2. The topological polar surface area (TPSA) is 68.4 Å². The maximum Gasteiger partial charge on any atom is 0.321 e. The van der Waals surface area contributed by atoms with E-state index >= 15 is 0 Å². The van der Waals surface area contributed by atoms with Crippen LogP contribution in [0.5, 0.6) is 5.75 Å². The lowest BCUT2D eigenvalue weighted by molar-refractivity contribution is -0.162. The standard InChI is InChI=1S/C25H29NO4/c1-16-22(19-15-18(29-5)12-13-20(19)26-16)23(25(2,3)4)24(28)30-21(27)14-11-17-9-7-6-8-10-17/h6-10,12-13,15,23,26H,11,14H2,1-5H3. The first kappa shape index (κ1) is 21.6. The minimum absolute atomic E-state index is 0.160. The molecule has 0 bridgehead atoms. The molecule has 0 radical (unpaired) electrons. The van der Waals surface area contributed by atoms with E-state index in [1.165, 1.54) is 0 Å². The molecule has 158 valence electrons. The van der Waals surface area contributed by atoms with E-state index in [2.05, 4.69) is 4.98 Å². The van der Waals surface area contributed by atoms with E-state index in [0.29, 0.717) is 12.2 Å². The average molecular weight is 408 g/mol. The molecular weight excluding hydrogens is 378 g/mol. The molecule has 0 amide bonds. The van der Waals surface area contributed by atoms with Gasteiger partial charge in [-0.25, -0.2) is 0 Å². The molecule has 3 aromatic rings. The predicted octanol–water partition coefficient (Wildman–Crippen LogP) is 5.32. The molecule has 30 heavy (non-hydrogen) atoms. The van der Waals surface area contributed by atoms with Crippen molar-refractivity contribution in [3.05, 3.63) is 65.4 Å². The van der Waals surface area contributed by atoms with Gasteiger partial charge in [0.05, 0.1) is 19.4 Å². The molecule has 0 saturated heterocycles. The van der Waals surface area contributed by atoms with Crippen LogP contribution in [0.4, 0.5) is 0 Å². The molecule has 0 aliphatic carbocycles. The Kier molecular flexibility index (Phi) is 6.30. The Balaban J connectivity index is 1.86. The fourth-order valence-corrected chi connectivity index (χ4v) is 3.84. The van der Waals surface area contributed by atoms with Crippen LogP contribution < -0.4 is 4.74 Å². The Morgan fingerprint density at radius 1 is 1.07 bits per heavy atom. The lowest BCUT2D eigenvalue weighted by Crippen LogP contribution is -2.30. The number of aromatic amines is 1. The van der Waals surface area contributed by atoms with Gasteiger partial charge in [0.25, 0.3) is 0 Å². The van der Waals surface area contributed by atoms with E-state index in [1.807, 2.05) is 76.2 Å². The largest absolute Gasteiger partial charge is 0.497 e. The Morgan fingerprint density at radius 3 is 2.40 bits per heavy atom. The van der Waals surface area contributed by atoms with Crippen LogP contribution in [0.3, 0.4) is 0 Å². The summed E-state index contributed by atoms with van der Waals surface area (Å²) < 4.78 is 10.7. The van der Waals surface area contributed by atoms with E-state index in [1.54, 1.807) is 7.11 Å². The van der Waals surface area contributed by atoms with Crippen molar-refractivity contribution < 1.29 is 19.1 Å². The van der Waals surface area contributed by atoms with Gasteiger partial charge in [-0.2, -0.15) is 0 Å². The number of esters is 2. The maximum atomic E-state index is 13.2. The van der Waals surface area contributed by atoms with E-state index in [0.717, 1.165) is 27.7 Å². The first-order valence-electron chi connectivity index (χ1n) is 10.2. The molecule has 1 N–H and O–H groups in total. The van der Waals surface area contributed by atoms with Crippen molar-refractivity contribution in [3.63, 3.8) is 0 Å². The number of rotatable bonds is 6. The molecule has 2 aromatic carbocycles. The molecule has 3 rings (SSSR count). The van der Waals surface area contributed by atoms with Crippen molar-refractivity contribution in [2.75, 3.05) is 7.11 Å². The van der Waals surface area contributed by atoms with Crippen LogP contribution in [0, 0.1) is 12.3 Å². The minimum atomic E-state index is -0.598. The Bertz CT molecular complexity index is 1040. The predicted molar refractivity (Wildman–Crippen MR) is 118 cm³/mol. The number of aromatic nitrogens is 1. The van der Waals surface area contributed by atoms with Gasteiger partial charge in [0.2, 0.25) is 0 Å². The van der Waals surface area contributed by atoms with Crippen molar-refractivity contribution in [2.24, 2.45) is 5.41 Å². The summed E-state index contributed by atoms with van der Waals surface area (Å²) in [5, 5.41) is 0.903. The smallest absolute Gasteiger partial charge is 0.321 e. The van der Waals surface area contributed by atoms with Gasteiger partial charge in [-0.15, -0.1) is 0 Å². The number of aryl methyl sites for hydroxylation is 2. The summed E-state index contributed by atoms with van der Waals surface area (Å²) in [6.07, 6.45) is 0.698. The molecule has 0 fully saturated rings. The van der Waals surface area contributed by atoms with Gasteiger partial charge in [-0.1, -0.05) is 51.1 Å². The number of hydrogen-bond donors (Lipinski definition) is 1. The van der Waals surface area contributed by atoms with Gasteiger partial charge < -0.3 is 14.5 Å². The highest BCUT2D eigenvalue weighted by Crippen LogP contribution is 2.42. The van der Waals surface area contributed by atoms with Crippen LogP contribution in [-0.2, 0) is 20.7 Å². The zero-order valence-electron chi connectivity index (χ0n) is 18.2. The third kappa shape index (κ3) is 4.73. The second kappa shape index (κ2) is 8.74. The molecule has 1 heterocycles. The maximum absolute atomic E-state index is 13.2. The van der Waals surface area contributed by atoms with Crippen molar-refractivity contribution in [1.82, 2.24) is 4.98 Å². The van der Waals surface area contributed by atoms with Crippen molar-refractivity contribution >= 4 is 22.8 Å². The van der Waals surface area contributed by atoms with Crippen LogP contribution in [0.1, 0.15) is 49.9 Å². The average Bonchev–Trinajstić information content (AvgIpc) is 3.01. The summed E-state index contributed by atoms with van der Waals surface area (Å²) in [5.74, 6) is -0.915. The van der Waals surface area contributed by atoms with Crippen LogP contribution in [0.15, 0.2) is 48.5 Å². The van der Waals surface area contributed by atoms with E-state index in [9.17, 15) is 9.59 Å². The number of nitrogens with one attached hydrogen (secondary N) is 1. The number of ether oxygens (including phenoxy) is 2. The summed E-state index contributed by atoms with van der Waals surface area (Å²) in [6.45, 7) is 7.87. The highest BCUT2D eigenvalue weighted by molar-refractivity contribution is 5.95. The minimum Gasteiger partial charge on any atom is -0.497 e. The molecular formula is C25H29NO4. The highest BCUT2D eigenvalue weighted by Gasteiger charge is 2.38. The number of benzene rings is 2. The normalized spacial score (nSPS) is 12.6. The van der Waals surface area contributed by atoms with Crippen LogP contribution in [-0.4, -0.2) is 24.0 Å². The summed E-state index contributed by atoms with van der Waals surface area (Å²) >= 11 is 0. The Morgan fingerprint density at radius 2 is 1.77 bits per heavy atom. The second-order valence-corrected chi connectivity index (χ2v) is 8.65. The molecule has 0 aliphatic rings. The second-order valence-electron chi connectivity index (χ2n) is 8.65. The number of H-pyrrole nitrogens is 1. The Labute approximate surface area is 177 Å². The van der Waals surface area contributed by atoms with Gasteiger partial charge in [0, 0.05) is 16.6 Å². The first-order valence-corrected chi connectivity index (χ1v) is 10.2. The molecule has 1 aromatic heterocycles. The van der Waals surface area contributed by atoms with Crippen molar-refractivity contribution in [3.8, 4) is 5.75 Å². The molecule has 0 saturated carbocycles. The van der Waals surface area contributed by atoms with Gasteiger partial charge in [-0.05, 0) is 48.1 Å².